The van der Waals surface area contributed by atoms with Crippen LogP contribution in [0.4, 0.5) is 0 Å². The molecule has 1 aromatic heterocycles. The number of hydrazone groups is 1. The van der Waals surface area contributed by atoms with Gasteiger partial charge in [0, 0.05) is 22.6 Å². The second kappa shape index (κ2) is 8.53. The number of aromatic nitrogens is 1. The average molecular weight is 412 g/mol. The van der Waals surface area contributed by atoms with Crippen LogP contribution in [0.5, 0.6) is 5.75 Å². The van der Waals surface area contributed by atoms with Crippen LogP contribution in [-0.2, 0) is 10.0 Å². The molecule has 0 saturated heterocycles. The third kappa shape index (κ3) is 4.68. The van der Waals surface area contributed by atoms with Crippen molar-refractivity contribution in [2.45, 2.75) is 32.6 Å². The fourth-order valence-electron chi connectivity index (χ4n) is 3.11. The first-order valence-electron chi connectivity index (χ1n) is 9.35. The molecule has 2 aromatic carbocycles. The molecule has 0 spiro atoms. The van der Waals surface area contributed by atoms with Gasteiger partial charge in [-0.1, -0.05) is 17.7 Å². The molecule has 3 aromatic rings. The number of aryl methyl sites for hydroxylation is 2. The topological polar surface area (TPSA) is 72.7 Å². The molecule has 0 atom stereocenters. The van der Waals surface area contributed by atoms with Crippen molar-refractivity contribution < 1.29 is 13.2 Å². The van der Waals surface area contributed by atoms with Gasteiger partial charge in [0.05, 0.1) is 17.7 Å². The molecule has 0 bridgehead atoms. The average Bonchev–Trinajstić information content (AvgIpc) is 2.96. The Morgan fingerprint density at radius 1 is 1.03 bits per heavy atom. The van der Waals surface area contributed by atoms with E-state index < -0.39 is 10.0 Å². The highest BCUT2D eigenvalue weighted by atomic mass is 32.2. The van der Waals surface area contributed by atoms with Crippen LogP contribution in [0.3, 0.4) is 0 Å². The van der Waals surface area contributed by atoms with Crippen LogP contribution in [0.25, 0.3) is 5.69 Å². The monoisotopic (exact) mass is 411 g/mol. The maximum absolute atomic E-state index is 12.4. The summed E-state index contributed by atoms with van der Waals surface area (Å²) in [6.45, 7) is 8.45. The molecule has 0 aliphatic heterocycles. The lowest BCUT2D eigenvalue weighted by molar-refractivity contribution is 0.340. The third-order valence-electron chi connectivity index (χ3n) is 4.58. The van der Waals surface area contributed by atoms with E-state index in [1.165, 1.54) is 6.21 Å². The first kappa shape index (κ1) is 20.7. The molecule has 0 aliphatic rings. The first-order chi connectivity index (χ1) is 13.8. The molecular formula is C22H25N3O3S. The molecule has 0 saturated carbocycles. The van der Waals surface area contributed by atoms with Crippen LogP contribution >= 0.6 is 0 Å². The zero-order valence-corrected chi connectivity index (χ0v) is 17.8. The largest absolute Gasteiger partial charge is 0.494 e. The highest BCUT2D eigenvalue weighted by Gasteiger charge is 2.13. The third-order valence-corrected chi connectivity index (χ3v) is 5.82. The van der Waals surface area contributed by atoms with Gasteiger partial charge in [0.2, 0.25) is 0 Å². The zero-order valence-electron chi connectivity index (χ0n) is 17.0. The van der Waals surface area contributed by atoms with E-state index in [-0.39, 0.29) is 4.90 Å². The number of ether oxygens (including phenoxy) is 1. The van der Waals surface area contributed by atoms with E-state index in [0.717, 1.165) is 34.0 Å². The van der Waals surface area contributed by atoms with Crippen molar-refractivity contribution in [2.24, 2.45) is 5.10 Å². The lowest BCUT2D eigenvalue weighted by atomic mass is 10.2. The number of sulfonamides is 1. The quantitative estimate of drug-likeness (QED) is 0.470. The van der Waals surface area contributed by atoms with Gasteiger partial charge < -0.3 is 9.30 Å². The van der Waals surface area contributed by atoms with Crippen molar-refractivity contribution in [2.75, 3.05) is 6.61 Å². The normalized spacial score (nSPS) is 11.7. The molecule has 29 heavy (non-hydrogen) atoms. The molecule has 0 aliphatic carbocycles. The maximum atomic E-state index is 12.4. The predicted octanol–water partition coefficient (Wildman–Crippen LogP) is 4.11. The van der Waals surface area contributed by atoms with E-state index in [9.17, 15) is 8.42 Å². The SMILES string of the molecule is CCOc1ccc(-n2c(C)cc(/C=N\NS(=O)(=O)c3ccc(C)cc3)c2C)cc1. The Labute approximate surface area is 171 Å². The van der Waals surface area contributed by atoms with Crippen molar-refractivity contribution in [1.29, 1.82) is 0 Å². The van der Waals surface area contributed by atoms with Gasteiger partial charge >= 0.3 is 0 Å². The Morgan fingerprint density at radius 2 is 1.69 bits per heavy atom. The Bertz CT molecular complexity index is 1110. The van der Waals surface area contributed by atoms with Gasteiger partial charge in [-0.25, -0.2) is 4.83 Å². The summed E-state index contributed by atoms with van der Waals surface area (Å²) in [7, 11) is -3.69. The van der Waals surface area contributed by atoms with Gasteiger partial charge in [-0.2, -0.15) is 13.5 Å². The summed E-state index contributed by atoms with van der Waals surface area (Å²) in [5.41, 5.74) is 4.82. The minimum atomic E-state index is -3.69. The standard InChI is InChI=1S/C22H25N3O3S/c1-5-28-21-10-8-20(9-11-21)25-17(3)14-19(18(25)4)15-23-24-29(26,27)22-12-6-16(2)7-13-22/h6-15,24H,5H2,1-4H3/b23-15-. The Balaban J connectivity index is 1.80. The van der Waals surface area contributed by atoms with Crippen molar-refractivity contribution in [1.82, 2.24) is 9.40 Å². The Kier molecular flexibility index (Phi) is 6.08. The molecule has 0 unspecified atom stereocenters. The number of benzene rings is 2. The number of rotatable bonds is 7. The molecule has 0 radical (unpaired) electrons. The lowest BCUT2D eigenvalue weighted by Crippen LogP contribution is -2.18. The lowest BCUT2D eigenvalue weighted by Gasteiger charge is -2.11. The molecule has 152 valence electrons. The first-order valence-corrected chi connectivity index (χ1v) is 10.8. The summed E-state index contributed by atoms with van der Waals surface area (Å²) >= 11 is 0. The Hall–Kier alpha value is -3.06. The van der Waals surface area contributed by atoms with Crippen molar-refractivity contribution >= 4 is 16.2 Å². The van der Waals surface area contributed by atoms with E-state index in [2.05, 4.69) is 14.5 Å². The highest BCUT2D eigenvalue weighted by molar-refractivity contribution is 7.89. The molecule has 0 amide bonds. The van der Waals surface area contributed by atoms with Gasteiger partial charge in [0.25, 0.3) is 10.0 Å². The van der Waals surface area contributed by atoms with Gasteiger partial charge in [-0.05, 0) is 70.2 Å². The maximum Gasteiger partial charge on any atom is 0.276 e. The van der Waals surface area contributed by atoms with Crippen molar-refractivity contribution in [3.63, 3.8) is 0 Å². The summed E-state index contributed by atoms with van der Waals surface area (Å²) < 4.78 is 32.3. The smallest absolute Gasteiger partial charge is 0.276 e. The zero-order chi connectivity index (χ0) is 21.0. The number of hydrogen-bond acceptors (Lipinski definition) is 4. The highest BCUT2D eigenvalue weighted by Crippen LogP contribution is 2.22. The van der Waals surface area contributed by atoms with Crippen LogP contribution in [0.15, 0.2) is 64.6 Å². The molecule has 1 heterocycles. The predicted molar refractivity (Wildman–Crippen MR) is 116 cm³/mol. The summed E-state index contributed by atoms with van der Waals surface area (Å²) in [4.78, 5) is 2.46. The van der Waals surface area contributed by atoms with E-state index in [0.29, 0.717) is 6.61 Å². The van der Waals surface area contributed by atoms with E-state index in [1.807, 2.05) is 58.0 Å². The van der Waals surface area contributed by atoms with E-state index in [4.69, 9.17) is 4.74 Å². The van der Waals surface area contributed by atoms with Crippen LogP contribution in [0.2, 0.25) is 0 Å². The fraction of sp³-hybridized carbons (Fsp3) is 0.227. The van der Waals surface area contributed by atoms with Gasteiger partial charge in [-0.15, -0.1) is 0 Å². The van der Waals surface area contributed by atoms with E-state index >= 15 is 0 Å². The van der Waals surface area contributed by atoms with Gasteiger partial charge in [0.15, 0.2) is 0 Å². The second-order valence-corrected chi connectivity index (χ2v) is 8.42. The fourth-order valence-corrected chi connectivity index (χ4v) is 3.90. The van der Waals surface area contributed by atoms with Gasteiger partial charge in [0.1, 0.15) is 5.75 Å². The molecule has 1 N–H and O–H groups in total. The molecule has 6 nitrogen and oxygen atoms in total. The minimum absolute atomic E-state index is 0.181. The minimum Gasteiger partial charge on any atom is -0.494 e. The van der Waals surface area contributed by atoms with Crippen molar-refractivity contribution in [3.05, 3.63) is 77.1 Å². The molecule has 3 rings (SSSR count). The van der Waals surface area contributed by atoms with Crippen LogP contribution in [-0.4, -0.2) is 25.8 Å². The summed E-state index contributed by atoms with van der Waals surface area (Å²) in [5, 5.41) is 3.96. The van der Waals surface area contributed by atoms with Crippen LogP contribution in [0, 0.1) is 20.8 Å². The summed E-state index contributed by atoms with van der Waals surface area (Å²) in [6, 6.07) is 16.4. The molecular weight excluding hydrogens is 386 g/mol. The molecule has 7 heteroatoms. The summed E-state index contributed by atoms with van der Waals surface area (Å²) in [6.07, 6.45) is 1.53. The van der Waals surface area contributed by atoms with Crippen molar-refractivity contribution in [3.8, 4) is 11.4 Å². The Morgan fingerprint density at radius 3 is 2.31 bits per heavy atom. The van der Waals surface area contributed by atoms with Gasteiger partial charge in [-0.3, -0.25) is 0 Å². The van der Waals surface area contributed by atoms with Crippen LogP contribution in [0.1, 0.15) is 29.4 Å². The molecule has 0 fully saturated rings. The number of hydrogen-bond donors (Lipinski definition) is 1. The van der Waals surface area contributed by atoms with Crippen LogP contribution < -0.4 is 9.57 Å². The number of nitrogens with zero attached hydrogens (tertiary/aromatic N) is 2. The second-order valence-electron chi connectivity index (χ2n) is 6.75. The summed E-state index contributed by atoms with van der Waals surface area (Å²) in [5.74, 6) is 0.825. The number of nitrogens with one attached hydrogen (secondary N) is 1. The van der Waals surface area contributed by atoms with E-state index in [1.54, 1.807) is 24.3 Å².